The topological polar surface area (TPSA) is 221 Å². The highest BCUT2D eigenvalue weighted by molar-refractivity contribution is 5.98. The molecule has 0 fully saturated rings. The van der Waals surface area contributed by atoms with Gasteiger partial charge in [0.2, 0.25) is 17.7 Å². The second-order valence-electron chi connectivity index (χ2n) is 9.26. The zero-order valence-electron chi connectivity index (χ0n) is 21.6. The number of nitro groups is 1. The van der Waals surface area contributed by atoms with Gasteiger partial charge in [-0.3, -0.25) is 29.5 Å². The number of benzene rings is 1. The van der Waals surface area contributed by atoms with Crippen molar-refractivity contribution >= 4 is 47.5 Å². The molecule has 0 saturated heterocycles. The first-order valence-electron chi connectivity index (χ1n) is 11.8. The van der Waals surface area contributed by atoms with Crippen LogP contribution in [-0.2, 0) is 14.4 Å². The summed E-state index contributed by atoms with van der Waals surface area (Å²) in [6, 6.07) is 2.64. The molecule has 0 aliphatic heterocycles. The van der Waals surface area contributed by atoms with Gasteiger partial charge in [0.15, 0.2) is 5.96 Å². The molecule has 0 aliphatic carbocycles. The van der Waals surface area contributed by atoms with Gasteiger partial charge in [0.1, 0.15) is 12.1 Å². The minimum absolute atomic E-state index is 0. The number of aliphatic imine (C=N–C) groups is 1. The molecule has 1 aromatic rings. The van der Waals surface area contributed by atoms with Crippen LogP contribution >= 0.6 is 12.4 Å². The Morgan fingerprint density at radius 1 is 0.973 bits per heavy atom. The van der Waals surface area contributed by atoms with Crippen molar-refractivity contribution in [1.29, 1.82) is 0 Å². The summed E-state index contributed by atoms with van der Waals surface area (Å²) in [5.41, 5.74) is 16.8. The minimum Gasteiger partial charge on any atom is -0.370 e. The molecule has 0 saturated carbocycles. The van der Waals surface area contributed by atoms with Gasteiger partial charge in [0.25, 0.3) is 5.69 Å². The number of rotatable bonds is 14. The number of carbonyl (C=O) groups excluding carboxylic acids is 3. The molecule has 13 nitrogen and oxygen atoms in total. The maximum absolute atomic E-state index is 13.1. The lowest BCUT2D eigenvalue weighted by atomic mass is 10.00. The van der Waals surface area contributed by atoms with Crippen molar-refractivity contribution in [3.05, 3.63) is 34.4 Å². The van der Waals surface area contributed by atoms with E-state index in [0.717, 1.165) is 0 Å². The zero-order valence-corrected chi connectivity index (χ0v) is 22.4. The van der Waals surface area contributed by atoms with Crippen LogP contribution < -0.4 is 33.2 Å². The fourth-order valence-electron chi connectivity index (χ4n) is 3.21. The van der Waals surface area contributed by atoms with Crippen molar-refractivity contribution in [3.63, 3.8) is 0 Å². The van der Waals surface area contributed by atoms with E-state index in [2.05, 4.69) is 20.9 Å². The highest BCUT2D eigenvalue weighted by Crippen LogP contribution is 2.16. The Bertz CT molecular complexity index is 936. The number of carbonyl (C=O) groups is 3. The number of nitrogens with one attached hydrogen (secondary N) is 3. The quantitative estimate of drug-likeness (QED) is 0.0652. The van der Waals surface area contributed by atoms with Crippen LogP contribution in [0.25, 0.3) is 0 Å². The van der Waals surface area contributed by atoms with Gasteiger partial charge in [-0.1, -0.05) is 27.7 Å². The van der Waals surface area contributed by atoms with E-state index in [-0.39, 0.29) is 48.9 Å². The number of nitrogens with two attached hydrogens (primary N) is 3. The Kier molecular flexibility index (Phi) is 14.8. The van der Waals surface area contributed by atoms with E-state index >= 15 is 0 Å². The molecular formula is C23H39ClN8O5. The molecule has 3 amide bonds. The number of amides is 3. The van der Waals surface area contributed by atoms with Crippen molar-refractivity contribution in [1.82, 2.24) is 10.6 Å². The predicted octanol–water partition coefficient (Wildman–Crippen LogP) is 1.01. The second kappa shape index (κ2) is 16.3. The van der Waals surface area contributed by atoms with Crippen LogP contribution in [0, 0.1) is 22.0 Å². The smallest absolute Gasteiger partial charge is 0.269 e. The van der Waals surface area contributed by atoms with E-state index in [9.17, 15) is 24.5 Å². The van der Waals surface area contributed by atoms with E-state index in [0.29, 0.717) is 18.5 Å². The Hall–Kier alpha value is -3.45. The van der Waals surface area contributed by atoms with Gasteiger partial charge < -0.3 is 33.2 Å². The first-order valence-corrected chi connectivity index (χ1v) is 11.8. The van der Waals surface area contributed by atoms with Crippen molar-refractivity contribution in [3.8, 4) is 0 Å². The molecule has 14 heteroatoms. The lowest BCUT2D eigenvalue weighted by Gasteiger charge is -2.26. The first-order chi connectivity index (χ1) is 16.8. The molecule has 0 aromatic heterocycles. The maximum atomic E-state index is 13.1. The van der Waals surface area contributed by atoms with Crippen molar-refractivity contribution in [2.24, 2.45) is 34.0 Å². The van der Waals surface area contributed by atoms with Crippen LogP contribution in [0.3, 0.4) is 0 Å². The Morgan fingerprint density at radius 3 is 2.03 bits per heavy atom. The summed E-state index contributed by atoms with van der Waals surface area (Å²) < 4.78 is 0. The zero-order chi connectivity index (χ0) is 27.4. The van der Waals surface area contributed by atoms with Crippen LogP contribution in [-0.4, -0.2) is 53.3 Å². The van der Waals surface area contributed by atoms with Gasteiger partial charge in [-0.25, -0.2) is 0 Å². The average molecular weight is 543 g/mol. The van der Waals surface area contributed by atoms with Gasteiger partial charge in [0, 0.05) is 24.4 Å². The van der Waals surface area contributed by atoms with Gasteiger partial charge in [0.05, 0.1) is 11.0 Å². The van der Waals surface area contributed by atoms with Crippen molar-refractivity contribution < 1.29 is 19.3 Å². The van der Waals surface area contributed by atoms with Crippen LogP contribution in [0.1, 0.15) is 47.0 Å². The highest BCUT2D eigenvalue weighted by Gasteiger charge is 2.29. The maximum Gasteiger partial charge on any atom is 0.269 e. The van der Waals surface area contributed by atoms with E-state index < -0.39 is 40.8 Å². The number of guanidine groups is 1. The third-order valence-electron chi connectivity index (χ3n) is 5.29. The summed E-state index contributed by atoms with van der Waals surface area (Å²) >= 11 is 0. The molecular weight excluding hydrogens is 504 g/mol. The van der Waals surface area contributed by atoms with Gasteiger partial charge >= 0.3 is 0 Å². The largest absolute Gasteiger partial charge is 0.370 e. The average Bonchev–Trinajstić information content (AvgIpc) is 2.79. The molecule has 3 atom stereocenters. The van der Waals surface area contributed by atoms with Crippen molar-refractivity contribution in [2.75, 3.05) is 11.9 Å². The van der Waals surface area contributed by atoms with Gasteiger partial charge in [-0.2, -0.15) is 0 Å². The molecule has 0 radical (unpaired) electrons. The monoisotopic (exact) mass is 542 g/mol. The normalized spacial score (nSPS) is 13.1. The Labute approximate surface area is 222 Å². The molecule has 0 heterocycles. The van der Waals surface area contributed by atoms with E-state index in [1.165, 1.54) is 24.3 Å². The summed E-state index contributed by atoms with van der Waals surface area (Å²) in [5, 5.41) is 18.9. The first kappa shape index (κ1) is 33.5. The molecule has 0 spiro atoms. The van der Waals surface area contributed by atoms with E-state index in [1.807, 2.05) is 13.8 Å². The number of hydrogen-bond donors (Lipinski definition) is 6. The lowest BCUT2D eigenvalue weighted by Crippen LogP contribution is -2.56. The standard InChI is InChI=1S/C23H38N8O5.ClH/c1-13(2)12-18(30-22(34)19(24)14(3)4)21(33)29-17(6-5-11-27-23(25)26)20(32)28-15-7-9-16(10-8-15)31(35)36;/h7-10,13-14,17-19H,5-6,11-12,24H2,1-4H3,(H,28,32)(H,29,33)(H,30,34)(H4,25,26,27);1H. The molecule has 1 aromatic carbocycles. The predicted molar refractivity (Wildman–Crippen MR) is 145 cm³/mol. The number of nitro benzene ring substituents is 1. The summed E-state index contributed by atoms with van der Waals surface area (Å²) in [7, 11) is 0. The molecule has 37 heavy (non-hydrogen) atoms. The van der Waals surface area contributed by atoms with Crippen LogP contribution in [0.5, 0.6) is 0 Å². The van der Waals surface area contributed by atoms with E-state index in [1.54, 1.807) is 13.8 Å². The third-order valence-corrected chi connectivity index (χ3v) is 5.29. The van der Waals surface area contributed by atoms with Gasteiger partial charge in [-0.15, -0.1) is 12.4 Å². The van der Waals surface area contributed by atoms with Crippen LogP contribution in [0.4, 0.5) is 11.4 Å². The molecule has 208 valence electrons. The fourth-order valence-corrected chi connectivity index (χ4v) is 3.21. The minimum atomic E-state index is -0.979. The van der Waals surface area contributed by atoms with Crippen molar-refractivity contribution in [2.45, 2.75) is 65.1 Å². The fraction of sp³-hybridized carbons (Fsp3) is 0.565. The molecule has 0 aliphatic rings. The number of anilines is 1. The van der Waals surface area contributed by atoms with E-state index in [4.69, 9.17) is 17.2 Å². The Morgan fingerprint density at radius 2 is 1.54 bits per heavy atom. The van der Waals surface area contributed by atoms with Crippen LogP contribution in [0.2, 0.25) is 0 Å². The summed E-state index contributed by atoms with van der Waals surface area (Å²) in [6.45, 7) is 7.66. The molecule has 1 rings (SSSR count). The highest BCUT2D eigenvalue weighted by atomic mass is 35.5. The number of nitrogens with zero attached hydrogens (tertiary/aromatic N) is 2. The third kappa shape index (κ3) is 12.4. The Balaban J connectivity index is 0.0000130. The summed E-state index contributed by atoms with van der Waals surface area (Å²) in [5.74, 6) is -1.65. The number of non-ortho nitro benzene ring substituents is 1. The molecule has 9 N–H and O–H groups in total. The number of halogens is 1. The summed E-state index contributed by atoms with van der Waals surface area (Å²) in [4.78, 5) is 52.9. The lowest BCUT2D eigenvalue weighted by molar-refractivity contribution is -0.384. The van der Waals surface area contributed by atoms with Crippen LogP contribution in [0.15, 0.2) is 29.3 Å². The SMILES string of the molecule is CC(C)CC(NC(=O)C(N)C(C)C)C(=O)NC(CCCN=C(N)N)C(=O)Nc1ccc([N+](=O)[O-])cc1.Cl. The summed E-state index contributed by atoms with van der Waals surface area (Å²) in [6.07, 6.45) is 0.929. The van der Waals surface area contributed by atoms with Gasteiger partial charge in [-0.05, 0) is 43.2 Å². The second-order valence-corrected chi connectivity index (χ2v) is 9.26. The number of hydrogen-bond acceptors (Lipinski definition) is 7. The molecule has 0 bridgehead atoms. The molecule has 3 unspecified atom stereocenters.